The van der Waals surface area contributed by atoms with Crippen LogP contribution in [0.1, 0.15) is 6.92 Å². The molecule has 108 valence electrons. The van der Waals surface area contributed by atoms with Gasteiger partial charge >= 0.3 is 7.60 Å². The van der Waals surface area contributed by atoms with Crippen molar-refractivity contribution in [2.75, 3.05) is 13.3 Å². The molecule has 0 saturated heterocycles. The highest BCUT2D eigenvalue weighted by atomic mass is 31.2. The van der Waals surface area contributed by atoms with Crippen LogP contribution in [0.15, 0.2) is 54.6 Å². The van der Waals surface area contributed by atoms with E-state index in [1.165, 1.54) is 6.66 Å². The van der Waals surface area contributed by atoms with Gasteiger partial charge in [0.2, 0.25) is 0 Å². The first kappa shape index (κ1) is 14.1. The van der Waals surface area contributed by atoms with Gasteiger partial charge in [0.15, 0.2) is 0 Å². The first-order valence-electron chi connectivity index (χ1n) is 6.93. The molecule has 0 N–H and O–H groups in total. The van der Waals surface area contributed by atoms with Crippen LogP contribution in [0, 0.1) is 0 Å². The van der Waals surface area contributed by atoms with E-state index in [4.69, 9.17) is 9.05 Å². The monoisotopic (exact) mass is 300 g/mol. The SMILES string of the molecule is CCOP(C)(=O)Oc1c2ccccc2cc2ccccc12. The van der Waals surface area contributed by atoms with Crippen LogP contribution in [-0.2, 0) is 9.09 Å². The Labute approximate surface area is 124 Å². The summed E-state index contributed by atoms with van der Waals surface area (Å²) in [4.78, 5) is 0. The molecule has 3 nitrogen and oxygen atoms in total. The van der Waals surface area contributed by atoms with E-state index in [2.05, 4.69) is 6.07 Å². The zero-order valence-electron chi connectivity index (χ0n) is 12.1. The molecular formula is C17H17O3P. The van der Waals surface area contributed by atoms with Crippen LogP contribution >= 0.6 is 7.60 Å². The second-order valence-corrected chi connectivity index (χ2v) is 6.91. The van der Waals surface area contributed by atoms with Crippen molar-refractivity contribution < 1.29 is 13.6 Å². The van der Waals surface area contributed by atoms with Gasteiger partial charge in [0.1, 0.15) is 5.75 Å². The van der Waals surface area contributed by atoms with Crippen molar-refractivity contribution in [2.45, 2.75) is 6.92 Å². The highest BCUT2D eigenvalue weighted by Crippen LogP contribution is 2.48. The number of hydrogen-bond donors (Lipinski definition) is 0. The summed E-state index contributed by atoms with van der Waals surface area (Å²) >= 11 is 0. The predicted molar refractivity (Wildman–Crippen MR) is 87.2 cm³/mol. The minimum absolute atomic E-state index is 0.358. The lowest BCUT2D eigenvalue weighted by Gasteiger charge is -2.18. The average Bonchev–Trinajstić information content (AvgIpc) is 2.47. The Morgan fingerprint density at radius 3 is 2.00 bits per heavy atom. The molecule has 0 aliphatic rings. The van der Waals surface area contributed by atoms with Gasteiger partial charge in [0, 0.05) is 17.4 Å². The Bertz CT molecular complexity index is 788. The molecule has 0 radical (unpaired) electrons. The number of benzene rings is 3. The summed E-state index contributed by atoms with van der Waals surface area (Å²) in [6.45, 7) is 3.67. The van der Waals surface area contributed by atoms with Gasteiger partial charge < -0.3 is 9.05 Å². The molecule has 0 aliphatic heterocycles. The molecule has 0 aliphatic carbocycles. The smallest absolute Gasteiger partial charge is 0.376 e. The molecule has 1 unspecified atom stereocenters. The van der Waals surface area contributed by atoms with E-state index >= 15 is 0 Å². The fraction of sp³-hybridized carbons (Fsp3) is 0.176. The van der Waals surface area contributed by atoms with E-state index in [1.807, 2.05) is 48.5 Å². The Morgan fingerprint density at radius 1 is 0.952 bits per heavy atom. The van der Waals surface area contributed by atoms with Gasteiger partial charge in [-0.25, -0.2) is 4.57 Å². The lowest BCUT2D eigenvalue weighted by molar-refractivity contribution is 0.286. The Morgan fingerprint density at radius 2 is 1.48 bits per heavy atom. The second-order valence-electron chi connectivity index (χ2n) is 4.93. The third-order valence-electron chi connectivity index (χ3n) is 3.34. The topological polar surface area (TPSA) is 35.5 Å². The quantitative estimate of drug-likeness (QED) is 0.489. The van der Waals surface area contributed by atoms with Crippen LogP contribution in [0.2, 0.25) is 0 Å². The highest BCUT2D eigenvalue weighted by molar-refractivity contribution is 7.53. The van der Waals surface area contributed by atoms with Crippen LogP contribution < -0.4 is 4.52 Å². The van der Waals surface area contributed by atoms with Crippen molar-refractivity contribution in [3.8, 4) is 5.75 Å². The molecule has 0 saturated carbocycles. The van der Waals surface area contributed by atoms with Crippen molar-refractivity contribution in [3.63, 3.8) is 0 Å². The maximum absolute atomic E-state index is 12.4. The summed E-state index contributed by atoms with van der Waals surface area (Å²) in [5, 5.41) is 4.00. The molecule has 0 spiro atoms. The molecule has 21 heavy (non-hydrogen) atoms. The summed E-state index contributed by atoms with van der Waals surface area (Å²) in [5.41, 5.74) is 0. The van der Waals surface area contributed by atoms with E-state index in [9.17, 15) is 4.57 Å². The average molecular weight is 300 g/mol. The standard InChI is InChI=1S/C17H17O3P/c1-3-19-21(2,18)20-17-15-10-6-4-8-13(15)12-14-9-5-7-11-16(14)17/h4-12H,3H2,1-2H3. The fourth-order valence-electron chi connectivity index (χ4n) is 2.50. The summed E-state index contributed by atoms with van der Waals surface area (Å²) in [6.07, 6.45) is 0. The predicted octanol–water partition coefficient (Wildman–Crippen LogP) is 5.23. The van der Waals surface area contributed by atoms with Crippen molar-refractivity contribution >= 4 is 29.1 Å². The van der Waals surface area contributed by atoms with Gasteiger partial charge in [-0.3, -0.25) is 0 Å². The molecule has 3 aromatic rings. The van der Waals surface area contributed by atoms with Crippen molar-refractivity contribution in [1.82, 2.24) is 0 Å². The van der Waals surface area contributed by atoms with Crippen molar-refractivity contribution in [3.05, 3.63) is 54.6 Å². The first-order chi connectivity index (χ1) is 10.1. The lowest BCUT2D eigenvalue weighted by Crippen LogP contribution is -1.97. The molecule has 0 bridgehead atoms. The highest BCUT2D eigenvalue weighted by Gasteiger charge is 2.20. The van der Waals surface area contributed by atoms with Gasteiger partial charge in [-0.1, -0.05) is 48.5 Å². The van der Waals surface area contributed by atoms with E-state index in [0.717, 1.165) is 21.5 Å². The summed E-state index contributed by atoms with van der Waals surface area (Å²) in [5.74, 6) is 0.628. The second kappa shape index (κ2) is 5.51. The van der Waals surface area contributed by atoms with Gasteiger partial charge in [0.05, 0.1) is 6.61 Å². The summed E-state index contributed by atoms with van der Waals surface area (Å²) < 4.78 is 23.5. The summed E-state index contributed by atoms with van der Waals surface area (Å²) in [7, 11) is -3.12. The van der Waals surface area contributed by atoms with Gasteiger partial charge in [0.25, 0.3) is 0 Å². The largest absolute Gasteiger partial charge is 0.423 e. The number of hydrogen-bond acceptors (Lipinski definition) is 3. The Hall–Kier alpha value is -1.83. The third-order valence-corrected chi connectivity index (χ3v) is 4.58. The Kier molecular flexibility index (Phi) is 3.71. The molecule has 1 atom stereocenters. The van der Waals surface area contributed by atoms with Crippen LogP contribution in [0.5, 0.6) is 5.75 Å². The molecule has 0 fully saturated rings. The first-order valence-corrected chi connectivity index (χ1v) is 8.92. The van der Waals surface area contributed by atoms with Crippen LogP contribution in [0.3, 0.4) is 0 Å². The minimum atomic E-state index is -3.12. The van der Waals surface area contributed by atoms with E-state index in [0.29, 0.717) is 12.4 Å². The lowest BCUT2D eigenvalue weighted by atomic mass is 10.0. The van der Waals surface area contributed by atoms with Gasteiger partial charge in [-0.2, -0.15) is 0 Å². The summed E-state index contributed by atoms with van der Waals surface area (Å²) in [6, 6.07) is 18.0. The molecule has 0 heterocycles. The fourth-order valence-corrected chi connectivity index (χ4v) is 3.55. The maximum atomic E-state index is 12.4. The molecular weight excluding hydrogens is 283 g/mol. The van der Waals surface area contributed by atoms with Crippen molar-refractivity contribution in [1.29, 1.82) is 0 Å². The molecule has 0 amide bonds. The van der Waals surface area contributed by atoms with Crippen LogP contribution in [0.25, 0.3) is 21.5 Å². The van der Waals surface area contributed by atoms with E-state index < -0.39 is 7.60 Å². The zero-order valence-corrected chi connectivity index (χ0v) is 13.0. The van der Waals surface area contributed by atoms with Gasteiger partial charge in [-0.05, 0) is 23.8 Å². The Balaban J connectivity index is 2.27. The molecule has 0 aromatic heterocycles. The maximum Gasteiger partial charge on any atom is 0.376 e. The minimum Gasteiger partial charge on any atom is -0.423 e. The molecule has 4 heteroatoms. The normalized spacial score (nSPS) is 14.2. The number of rotatable bonds is 4. The molecule has 3 aromatic carbocycles. The van der Waals surface area contributed by atoms with Crippen LogP contribution in [0.4, 0.5) is 0 Å². The van der Waals surface area contributed by atoms with Gasteiger partial charge in [-0.15, -0.1) is 0 Å². The zero-order chi connectivity index (χ0) is 14.9. The van der Waals surface area contributed by atoms with E-state index in [1.54, 1.807) is 6.92 Å². The van der Waals surface area contributed by atoms with Crippen LogP contribution in [-0.4, -0.2) is 13.3 Å². The molecule has 3 rings (SSSR count). The van der Waals surface area contributed by atoms with E-state index in [-0.39, 0.29) is 0 Å². The number of fused-ring (bicyclic) bond motifs is 2. The van der Waals surface area contributed by atoms with Crippen molar-refractivity contribution in [2.24, 2.45) is 0 Å². The third kappa shape index (κ3) is 2.80.